The largest absolute Gasteiger partial charge is 0.390 e. The van der Waals surface area contributed by atoms with Gasteiger partial charge in [0.05, 0.1) is 5.60 Å². The lowest BCUT2D eigenvalue weighted by Gasteiger charge is -2.53. The first-order valence-corrected chi connectivity index (χ1v) is 6.97. The zero-order chi connectivity index (χ0) is 12.8. The maximum atomic E-state index is 11.7. The van der Waals surface area contributed by atoms with Crippen LogP contribution in [0.4, 0.5) is 0 Å². The van der Waals surface area contributed by atoms with E-state index >= 15 is 0 Å². The normalized spacial score (nSPS) is 43.4. The fourth-order valence-corrected chi connectivity index (χ4v) is 4.01. The van der Waals surface area contributed by atoms with Crippen molar-refractivity contribution in [3.05, 3.63) is 0 Å². The Kier molecular flexibility index (Phi) is 3.14. The molecule has 2 fully saturated rings. The van der Waals surface area contributed by atoms with Crippen LogP contribution in [0.1, 0.15) is 59.8 Å². The highest BCUT2D eigenvalue weighted by Gasteiger charge is 2.50. The van der Waals surface area contributed by atoms with E-state index in [0.717, 1.165) is 32.1 Å². The molecule has 0 bridgehead atoms. The summed E-state index contributed by atoms with van der Waals surface area (Å²) in [5.41, 5.74) is -0.314. The van der Waals surface area contributed by atoms with Crippen molar-refractivity contribution in [2.45, 2.75) is 65.4 Å². The van der Waals surface area contributed by atoms with Gasteiger partial charge in [-0.3, -0.25) is 4.79 Å². The Labute approximate surface area is 105 Å². The molecule has 1 N–H and O–H groups in total. The number of ketones is 1. The van der Waals surface area contributed by atoms with Crippen LogP contribution in [0.25, 0.3) is 0 Å². The fourth-order valence-electron chi connectivity index (χ4n) is 4.01. The summed E-state index contributed by atoms with van der Waals surface area (Å²) in [6.45, 7) is 8.42. The third-order valence-electron chi connectivity index (χ3n) is 5.62. The van der Waals surface area contributed by atoms with Crippen molar-refractivity contribution in [3.8, 4) is 0 Å². The molecule has 17 heavy (non-hydrogen) atoms. The maximum absolute atomic E-state index is 11.7. The molecule has 2 aliphatic carbocycles. The molecule has 0 aromatic rings. The molecule has 0 aromatic heterocycles. The smallest absolute Gasteiger partial charge is 0.133 e. The molecule has 2 nitrogen and oxygen atoms in total. The van der Waals surface area contributed by atoms with Gasteiger partial charge in [-0.05, 0) is 56.3 Å². The van der Waals surface area contributed by atoms with Crippen LogP contribution in [0.5, 0.6) is 0 Å². The summed E-state index contributed by atoms with van der Waals surface area (Å²) >= 11 is 0. The molecule has 0 aliphatic heterocycles. The summed E-state index contributed by atoms with van der Waals surface area (Å²) < 4.78 is 0. The van der Waals surface area contributed by atoms with E-state index in [-0.39, 0.29) is 5.41 Å². The standard InChI is InChI=1S/C15H26O2/c1-10-7-13(16)8-11-5-6-12(14(2,3)17)9-15(10,11)4/h10-12,17H,5-9H2,1-4H3/t10-,11+,12-,15+/m1/s1. The minimum absolute atomic E-state index is 0.261. The van der Waals surface area contributed by atoms with Crippen LogP contribution in [0.15, 0.2) is 0 Å². The number of carbonyl (C=O) groups excluding carboxylic acids is 1. The van der Waals surface area contributed by atoms with Gasteiger partial charge in [0.15, 0.2) is 0 Å². The monoisotopic (exact) mass is 238 g/mol. The number of fused-ring (bicyclic) bond motifs is 1. The van der Waals surface area contributed by atoms with Gasteiger partial charge in [-0.15, -0.1) is 0 Å². The number of hydrogen-bond acceptors (Lipinski definition) is 2. The molecule has 0 radical (unpaired) electrons. The van der Waals surface area contributed by atoms with E-state index in [0.29, 0.717) is 23.5 Å². The SMILES string of the molecule is C[C@@H]1CC(=O)C[C@@H]2CC[C@@H](C(C)(C)O)C[C@]21C. The Hall–Kier alpha value is -0.370. The van der Waals surface area contributed by atoms with Crippen molar-refractivity contribution in [2.75, 3.05) is 0 Å². The highest BCUT2D eigenvalue weighted by atomic mass is 16.3. The van der Waals surface area contributed by atoms with Gasteiger partial charge in [0, 0.05) is 12.8 Å². The number of Topliss-reactive ketones (excluding diaryl/α,β-unsaturated/α-hetero) is 1. The molecule has 4 atom stereocenters. The topological polar surface area (TPSA) is 37.3 Å². The molecular formula is C15H26O2. The third-order valence-corrected chi connectivity index (χ3v) is 5.62. The molecule has 98 valence electrons. The first-order valence-electron chi connectivity index (χ1n) is 6.97. The van der Waals surface area contributed by atoms with Gasteiger partial charge in [0.25, 0.3) is 0 Å². The van der Waals surface area contributed by atoms with Crippen LogP contribution in [0, 0.1) is 23.2 Å². The highest BCUT2D eigenvalue weighted by molar-refractivity contribution is 5.80. The van der Waals surface area contributed by atoms with Gasteiger partial charge in [-0.1, -0.05) is 13.8 Å². The van der Waals surface area contributed by atoms with Crippen molar-refractivity contribution in [1.29, 1.82) is 0 Å². The predicted octanol–water partition coefficient (Wildman–Crippen LogP) is 3.18. The van der Waals surface area contributed by atoms with Gasteiger partial charge in [0.1, 0.15) is 5.78 Å². The van der Waals surface area contributed by atoms with Crippen LogP contribution in [-0.4, -0.2) is 16.5 Å². The first kappa shape index (κ1) is 13.1. The van der Waals surface area contributed by atoms with Crippen LogP contribution in [-0.2, 0) is 4.79 Å². The first-order chi connectivity index (χ1) is 7.73. The van der Waals surface area contributed by atoms with E-state index in [9.17, 15) is 9.90 Å². The Balaban J connectivity index is 2.19. The van der Waals surface area contributed by atoms with Crippen molar-refractivity contribution < 1.29 is 9.90 Å². The molecule has 0 spiro atoms. The summed E-state index contributed by atoms with van der Waals surface area (Å²) in [6, 6.07) is 0. The number of carbonyl (C=O) groups is 1. The predicted molar refractivity (Wildman–Crippen MR) is 68.6 cm³/mol. The molecule has 0 saturated heterocycles. The van der Waals surface area contributed by atoms with Gasteiger partial charge in [-0.25, -0.2) is 0 Å². The van der Waals surface area contributed by atoms with Gasteiger partial charge in [0.2, 0.25) is 0 Å². The minimum atomic E-state index is -0.574. The van der Waals surface area contributed by atoms with E-state index in [1.54, 1.807) is 0 Å². The Morgan fingerprint density at radius 2 is 1.94 bits per heavy atom. The molecule has 0 aromatic carbocycles. The average molecular weight is 238 g/mol. The third kappa shape index (κ3) is 2.29. The highest BCUT2D eigenvalue weighted by Crippen LogP contribution is 2.55. The van der Waals surface area contributed by atoms with Gasteiger partial charge >= 0.3 is 0 Å². The zero-order valence-electron chi connectivity index (χ0n) is 11.6. The Morgan fingerprint density at radius 3 is 2.53 bits per heavy atom. The van der Waals surface area contributed by atoms with Crippen LogP contribution in [0.2, 0.25) is 0 Å². The molecule has 2 heteroatoms. The van der Waals surface area contributed by atoms with E-state index in [1.165, 1.54) is 0 Å². The van der Waals surface area contributed by atoms with Crippen molar-refractivity contribution in [1.82, 2.24) is 0 Å². The summed E-state index contributed by atoms with van der Waals surface area (Å²) in [7, 11) is 0. The van der Waals surface area contributed by atoms with E-state index in [2.05, 4.69) is 13.8 Å². The van der Waals surface area contributed by atoms with Crippen molar-refractivity contribution in [2.24, 2.45) is 23.2 Å². The van der Waals surface area contributed by atoms with Crippen molar-refractivity contribution >= 4 is 5.78 Å². The maximum Gasteiger partial charge on any atom is 0.133 e. The van der Waals surface area contributed by atoms with E-state index < -0.39 is 5.60 Å². The molecule has 0 heterocycles. The average Bonchev–Trinajstić information content (AvgIpc) is 2.18. The minimum Gasteiger partial charge on any atom is -0.390 e. The molecule has 2 rings (SSSR count). The summed E-state index contributed by atoms with van der Waals surface area (Å²) in [5, 5.41) is 10.2. The molecule has 0 unspecified atom stereocenters. The molecule has 2 aliphatic rings. The lowest BCUT2D eigenvalue weighted by molar-refractivity contribution is -0.134. The molecule has 0 amide bonds. The number of hydrogen-bond donors (Lipinski definition) is 1. The molecular weight excluding hydrogens is 212 g/mol. The van der Waals surface area contributed by atoms with Crippen LogP contribution >= 0.6 is 0 Å². The molecule has 2 saturated carbocycles. The fraction of sp³-hybridized carbons (Fsp3) is 0.933. The summed E-state index contributed by atoms with van der Waals surface area (Å²) in [5.74, 6) is 1.86. The van der Waals surface area contributed by atoms with Gasteiger partial charge < -0.3 is 5.11 Å². The summed E-state index contributed by atoms with van der Waals surface area (Å²) in [4.78, 5) is 11.7. The van der Waals surface area contributed by atoms with Crippen LogP contribution in [0.3, 0.4) is 0 Å². The van der Waals surface area contributed by atoms with Crippen LogP contribution < -0.4 is 0 Å². The Morgan fingerprint density at radius 1 is 1.29 bits per heavy atom. The van der Waals surface area contributed by atoms with Crippen molar-refractivity contribution in [3.63, 3.8) is 0 Å². The lowest BCUT2D eigenvalue weighted by Crippen LogP contribution is -2.48. The van der Waals surface area contributed by atoms with Gasteiger partial charge in [-0.2, -0.15) is 0 Å². The second kappa shape index (κ2) is 4.08. The summed E-state index contributed by atoms with van der Waals surface area (Å²) in [6.07, 6.45) is 4.78. The zero-order valence-corrected chi connectivity index (χ0v) is 11.6. The quantitative estimate of drug-likeness (QED) is 0.762. The van der Waals surface area contributed by atoms with E-state index in [1.807, 2.05) is 13.8 Å². The van der Waals surface area contributed by atoms with E-state index in [4.69, 9.17) is 0 Å². The second-order valence-corrected chi connectivity index (χ2v) is 7.18. The number of aliphatic hydroxyl groups is 1. The lowest BCUT2D eigenvalue weighted by atomic mass is 9.52. The number of rotatable bonds is 1. The Bertz CT molecular complexity index is 315. The second-order valence-electron chi connectivity index (χ2n) is 7.18.